The van der Waals surface area contributed by atoms with Crippen molar-refractivity contribution in [2.24, 2.45) is 0 Å². The Morgan fingerprint density at radius 1 is 1.42 bits per heavy atom. The van der Waals surface area contributed by atoms with Crippen LogP contribution in [0.25, 0.3) is 0 Å². The zero-order chi connectivity index (χ0) is 18.6. The molecule has 0 radical (unpaired) electrons. The summed E-state index contributed by atoms with van der Waals surface area (Å²) in [6.45, 7) is 3.48. The summed E-state index contributed by atoms with van der Waals surface area (Å²) in [4.78, 5) is 13.6. The van der Waals surface area contributed by atoms with Gasteiger partial charge in [0.1, 0.15) is 24.9 Å². The summed E-state index contributed by atoms with van der Waals surface area (Å²) in [5.74, 6) is 0. The molecule has 2 aliphatic heterocycles. The second-order valence-corrected chi connectivity index (χ2v) is 7.70. The highest BCUT2D eigenvalue weighted by molar-refractivity contribution is 8.00. The number of unbranched alkanes of at least 4 members (excludes halogenated alkanes) is 1. The van der Waals surface area contributed by atoms with E-state index < -0.39 is 23.2 Å². The Bertz CT molecular complexity index is 601. The van der Waals surface area contributed by atoms with Crippen LogP contribution in [0.15, 0.2) is 30.3 Å². The number of aliphatic hydroxyl groups excluding tert-OH is 1. The third kappa shape index (κ3) is 3.71. The molecule has 0 spiro atoms. The first kappa shape index (κ1) is 19.5. The van der Waals surface area contributed by atoms with Crippen LogP contribution >= 0.6 is 11.8 Å². The number of hydrogen-bond acceptors (Lipinski definition) is 6. The lowest BCUT2D eigenvalue weighted by molar-refractivity contribution is -0.0508. The third-order valence-corrected chi connectivity index (χ3v) is 6.24. The van der Waals surface area contributed by atoms with Crippen molar-refractivity contribution in [2.45, 2.75) is 49.6 Å². The van der Waals surface area contributed by atoms with Gasteiger partial charge in [-0.15, -0.1) is 11.8 Å². The quantitative estimate of drug-likeness (QED) is 0.733. The lowest BCUT2D eigenvalue weighted by Crippen LogP contribution is -2.49. The van der Waals surface area contributed by atoms with Gasteiger partial charge in [0.05, 0.1) is 13.2 Å². The molecule has 2 saturated heterocycles. The molecule has 2 aliphatic rings. The minimum absolute atomic E-state index is 0.196. The number of likely N-dealkylation sites (tertiary alicyclic amines) is 1. The molecule has 2 heterocycles. The second kappa shape index (κ2) is 8.61. The summed E-state index contributed by atoms with van der Waals surface area (Å²) >= 11 is 1.50. The van der Waals surface area contributed by atoms with E-state index in [1.165, 1.54) is 11.8 Å². The molecule has 6 nitrogen and oxygen atoms in total. The molecule has 1 N–H and O–H groups in total. The summed E-state index contributed by atoms with van der Waals surface area (Å²) in [5, 5.41) is 10.4. The molecule has 1 aromatic rings. The minimum atomic E-state index is -0.744. The van der Waals surface area contributed by atoms with Crippen LogP contribution in [0.1, 0.15) is 25.3 Å². The molecule has 1 aromatic carbocycles. The molecule has 26 heavy (non-hydrogen) atoms. The van der Waals surface area contributed by atoms with E-state index in [9.17, 15) is 9.90 Å². The molecule has 0 bridgehead atoms. The normalized spacial score (nSPS) is 30.4. The molecular formula is C19H27NO5S. The molecule has 4 atom stereocenters. The Hall–Kier alpha value is -1.28. The molecule has 0 saturated carbocycles. The van der Waals surface area contributed by atoms with Crippen molar-refractivity contribution >= 4 is 17.9 Å². The number of thioether (sulfide) groups is 1. The molecule has 0 aliphatic carbocycles. The Kier molecular flexibility index (Phi) is 6.45. The number of benzene rings is 1. The lowest BCUT2D eigenvalue weighted by Gasteiger charge is -2.32. The van der Waals surface area contributed by atoms with Crippen LogP contribution in [0.2, 0.25) is 0 Å². The minimum Gasteiger partial charge on any atom is -0.445 e. The summed E-state index contributed by atoms with van der Waals surface area (Å²) < 4.78 is 17.5. The van der Waals surface area contributed by atoms with Gasteiger partial charge in [-0.05, 0) is 18.2 Å². The van der Waals surface area contributed by atoms with Crippen LogP contribution in [0.3, 0.4) is 0 Å². The monoisotopic (exact) mass is 381 g/mol. The summed E-state index contributed by atoms with van der Waals surface area (Å²) in [6, 6.07) is 9.09. The van der Waals surface area contributed by atoms with Gasteiger partial charge in [0.15, 0.2) is 4.93 Å². The third-order valence-electron chi connectivity index (χ3n) is 4.98. The molecular weight excluding hydrogens is 354 g/mol. The van der Waals surface area contributed by atoms with E-state index in [1.54, 1.807) is 4.90 Å². The van der Waals surface area contributed by atoms with Crippen molar-refractivity contribution in [3.63, 3.8) is 0 Å². The van der Waals surface area contributed by atoms with Crippen molar-refractivity contribution in [3.05, 3.63) is 35.9 Å². The fourth-order valence-electron chi connectivity index (χ4n) is 3.63. The Balaban J connectivity index is 1.70. The molecule has 0 aromatic heterocycles. The van der Waals surface area contributed by atoms with Gasteiger partial charge in [-0.2, -0.15) is 0 Å². The van der Waals surface area contributed by atoms with Gasteiger partial charge in [0.2, 0.25) is 0 Å². The van der Waals surface area contributed by atoms with Gasteiger partial charge in [-0.1, -0.05) is 43.7 Å². The van der Waals surface area contributed by atoms with Crippen molar-refractivity contribution < 1.29 is 24.1 Å². The molecule has 144 valence electrons. The average molecular weight is 381 g/mol. The summed E-state index contributed by atoms with van der Waals surface area (Å²) in [6.07, 6.45) is 2.45. The highest BCUT2D eigenvalue weighted by atomic mass is 32.2. The molecule has 2 fully saturated rings. The van der Waals surface area contributed by atoms with E-state index in [-0.39, 0.29) is 19.3 Å². The SMILES string of the molecule is CCCCO[C@@H]1CN(C(=O)OCc2ccccc2)[C@@H]2[C@@H](O)CO[C@]12SC. The van der Waals surface area contributed by atoms with Gasteiger partial charge >= 0.3 is 6.09 Å². The smallest absolute Gasteiger partial charge is 0.410 e. The number of carbonyl (C=O) groups is 1. The van der Waals surface area contributed by atoms with Gasteiger partial charge in [0, 0.05) is 6.61 Å². The first-order valence-corrected chi connectivity index (χ1v) is 10.3. The second-order valence-electron chi connectivity index (χ2n) is 6.65. The number of rotatable bonds is 7. The number of amides is 1. The van der Waals surface area contributed by atoms with Crippen molar-refractivity contribution in [2.75, 3.05) is 26.0 Å². The Morgan fingerprint density at radius 2 is 2.19 bits per heavy atom. The van der Waals surface area contributed by atoms with Gasteiger partial charge in [0.25, 0.3) is 0 Å². The number of hydrogen-bond donors (Lipinski definition) is 1. The fraction of sp³-hybridized carbons (Fsp3) is 0.632. The van der Waals surface area contributed by atoms with Crippen LogP contribution in [0.5, 0.6) is 0 Å². The number of fused-ring (bicyclic) bond motifs is 1. The standard InChI is InChI=1S/C19H27NO5S/c1-3-4-10-23-16-11-20(17-15(21)13-25-19(16,17)26-2)18(22)24-12-14-8-6-5-7-9-14/h5-9,15-17,21H,3-4,10-13H2,1-2H3/t15-,16+,17+,19-/m0/s1. The molecule has 3 rings (SSSR count). The number of carbonyl (C=O) groups excluding carboxylic acids is 1. The summed E-state index contributed by atoms with van der Waals surface area (Å²) in [5.41, 5.74) is 0.926. The highest BCUT2D eigenvalue weighted by Gasteiger charge is 2.64. The van der Waals surface area contributed by atoms with Crippen LogP contribution in [-0.2, 0) is 20.8 Å². The Morgan fingerprint density at radius 3 is 2.88 bits per heavy atom. The molecule has 7 heteroatoms. The number of nitrogens with zero attached hydrogens (tertiary/aromatic N) is 1. The predicted octanol–water partition coefficient (Wildman–Crippen LogP) is 2.64. The van der Waals surface area contributed by atoms with Gasteiger partial charge in [-0.25, -0.2) is 4.79 Å². The van der Waals surface area contributed by atoms with Gasteiger partial charge < -0.3 is 19.3 Å². The molecule has 1 amide bonds. The number of aliphatic hydroxyl groups is 1. The van der Waals surface area contributed by atoms with Gasteiger partial charge in [-0.3, -0.25) is 4.90 Å². The maximum atomic E-state index is 12.7. The van der Waals surface area contributed by atoms with E-state index in [1.807, 2.05) is 36.6 Å². The van der Waals surface area contributed by atoms with Crippen LogP contribution in [0, 0.1) is 0 Å². The largest absolute Gasteiger partial charge is 0.445 e. The van der Waals surface area contributed by atoms with Crippen molar-refractivity contribution in [3.8, 4) is 0 Å². The predicted molar refractivity (Wildman–Crippen MR) is 100.0 cm³/mol. The molecule has 0 unspecified atom stereocenters. The van der Waals surface area contributed by atoms with E-state index >= 15 is 0 Å². The van der Waals surface area contributed by atoms with Crippen molar-refractivity contribution in [1.82, 2.24) is 4.90 Å². The first-order chi connectivity index (χ1) is 12.6. The Labute approximate surface area is 158 Å². The van der Waals surface area contributed by atoms with Crippen molar-refractivity contribution in [1.29, 1.82) is 0 Å². The summed E-state index contributed by atoms with van der Waals surface area (Å²) in [7, 11) is 0. The van der Waals surface area contributed by atoms with E-state index in [2.05, 4.69) is 6.92 Å². The fourth-order valence-corrected chi connectivity index (χ4v) is 4.75. The van der Waals surface area contributed by atoms with Crippen LogP contribution in [0.4, 0.5) is 4.79 Å². The average Bonchev–Trinajstić information content (AvgIpc) is 3.17. The maximum Gasteiger partial charge on any atom is 0.410 e. The topological polar surface area (TPSA) is 68.2 Å². The highest BCUT2D eigenvalue weighted by Crippen LogP contribution is 2.47. The number of ether oxygens (including phenoxy) is 3. The zero-order valence-electron chi connectivity index (χ0n) is 15.3. The zero-order valence-corrected chi connectivity index (χ0v) is 16.1. The van der Waals surface area contributed by atoms with E-state index in [0.717, 1.165) is 18.4 Å². The maximum absolute atomic E-state index is 12.7. The first-order valence-electron chi connectivity index (χ1n) is 9.08. The van der Waals surface area contributed by atoms with Crippen LogP contribution < -0.4 is 0 Å². The van der Waals surface area contributed by atoms with E-state index in [4.69, 9.17) is 14.2 Å². The lowest BCUT2D eigenvalue weighted by atomic mass is 10.1. The van der Waals surface area contributed by atoms with Crippen LogP contribution in [-0.4, -0.2) is 65.3 Å². The van der Waals surface area contributed by atoms with E-state index in [0.29, 0.717) is 13.2 Å².